The van der Waals surface area contributed by atoms with Crippen molar-refractivity contribution in [2.24, 2.45) is 0 Å². The Kier molecular flexibility index (Phi) is 13.2. The highest BCUT2D eigenvalue weighted by molar-refractivity contribution is 7.98. The maximum absolute atomic E-state index is 14.3. The minimum atomic E-state index is -4.07. The van der Waals surface area contributed by atoms with Crippen molar-refractivity contribution >= 4 is 50.9 Å². The minimum Gasteiger partial charge on any atom is -0.508 e. The van der Waals surface area contributed by atoms with E-state index in [1.54, 1.807) is 6.07 Å². The molecule has 270 valence electrons. The molecule has 0 bridgehead atoms. The average molecular weight is 727 g/mol. The summed E-state index contributed by atoms with van der Waals surface area (Å²) in [5.74, 6) is -2.63. The zero-order valence-corrected chi connectivity index (χ0v) is 30.4. The smallest absolute Gasteiger partial charge is 0.325 e. The van der Waals surface area contributed by atoms with E-state index in [1.165, 1.54) is 49.0 Å². The van der Waals surface area contributed by atoms with Gasteiger partial charge in [-0.3, -0.25) is 14.4 Å². The van der Waals surface area contributed by atoms with Gasteiger partial charge in [-0.1, -0.05) is 69.9 Å². The SMILES string of the molecule is CCCCC1(CCCC)CN(c2ccccc2)c2cc(SC)c(OCC(=O)N[C@@H](C(=O)NC(C)C(=O)O)c3ccc(O)cc3)cc2S(=O)(=O)N1. The lowest BCUT2D eigenvalue weighted by Gasteiger charge is -2.37. The summed E-state index contributed by atoms with van der Waals surface area (Å²) in [6.45, 7) is 5.32. The van der Waals surface area contributed by atoms with E-state index in [-0.39, 0.29) is 16.4 Å². The first-order valence-electron chi connectivity index (χ1n) is 16.7. The van der Waals surface area contributed by atoms with Gasteiger partial charge in [-0.05, 0) is 61.9 Å². The van der Waals surface area contributed by atoms with E-state index in [2.05, 4.69) is 29.2 Å². The Balaban J connectivity index is 1.69. The van der Waals surface area contributed by atoms with Crippen LogP contribution in [0.1, 0.15) is 70.9 Å². The number of fused-ring (bicyclic) bond motifs is 1. The topological polar surface area (TPSA) is 174 Å². The number of para-hydroxylation sites is 1. The molecule has 0 fully saturated rings. The van der Waals surface area contributed by atoms with E-state index in [1.807, 2.05) is 41.5 Å². The van der Waals surface area contributed by atoms with Crippen LogP contribution in [-0.2, 0) is 24.4 Å². The fourth-order valence-corrected chi connectivity index (χ4v) is 8.12. The predicted molar refractivity (Wildman–Crippen MR) is 193 cm³/mol. The summed E-state index contributed by atoms with van der Waals surface area (Å²) in [5, 5.41) is 23.9. The van der Waals surface area contributed by atoms with Gasteiger partial charge in [0.1, 0.15) is 28.5 Å². The number of aromatic hydroxyl groups is 1. The van der Waals surface area contributed by atoms with E-state index >= 15 is 0 Å². The van der Waals surface area contributed by atoms with Crippen molar-refractivity contribution in [3.8, 4) is 11.5 Å². The van der Waals surface area contributed by atoms with E-state index < -0.39 is 52.0 Å². The largest absolute Gasteiger partial charge is 0.508 e. The number of carbonyl (C=O) groups excluding carboxylic acids is 2. The van der Waals surface area contributed by atoms with E-state index in [0.29, 0.717) is 35.5 Å². The van der Waals surface area contributed by atoms with Crippen LogP contribution < -0.4 is 25.0 Å². The Morgan fingerprint density at radius 3 is 2.22 bits per heavy atom. The molecule has 1 aliphatic rings. The first-order valence-corrected chi connectivity index (χ1v) is 19.4. The van der Waals surface area contributed by atoms with E-state index in [4.69, 9.17) is 4.74 Å². The van der Waals surface area contributed by atoms with Gasteiger partial charge in [-0.25, -0.2) is 13.1 Å². The molecule has 14 heteroatoms. The number of rotatable bonds is 16. The number of phenols is 1. The summed E-state index contributed by atoms with van der Waals surface area (Å²) in [6, 6.07) is 15.9. The molecule has 2 atom stereocenters. The third-order valence-corrected chi connectivity index (χ3v) is 11.0. The first kappa shape index (κ1) is 38.5. The number of phenolic OH excluding ortho intramolecular Hbond substituents is 1. The zero-order chi connectivity index (χ0) is 36.5. The molecule has 3 aromatic carbocycles. The number of carboxylic acids is 1. The molecule has 1 unspecified atom stereocenters. The second-order valence-electron chi connectivity index (χ2n) is 12.4. The number of hydrogen-bond acceptors (Lipinski definition) is 9. The van der Waals surface area contributed by atoms with E-state index in [9.17, 15) is 33.0 Å². The molecular weight excluding hydrogens is 681 g/mol. The highest BCUT2D eigenvalue weighted by Crippen LogP contribution is 2.44. The molecule has 0 saturated heterocycles. The summed E-state index contributed by atoms with van der Waals surface area (Å²) in [4.78, 5) is 40.4. The van der Waals surface area contributed by atoms with Crippen LogP contribution in [0.25, 0.3) is 0 Å². The highest BCUT2D eigenvalue weighted by atomic mass is 32.2. The second-order valence-corrected chi connectivity index (χ2v) is 14.9. The zero-order valence-electron chi connectivity index (χ0n) is 28.8. The predicted octanol–water partition coefficient (Wildman–Crippen LogP) is 5.49. The molecular formula is C36H46N4O8S2. The number of unbranched alkanes of at least 4 members (excludes halogenated alkanes) is 2. The molecule has 3 aromatic rings. The third kappa shape index (κ3) is 9.49. The van der Waals surface area contributed by atoms with Gasteiger partial charge in [0.15, 0.2) is 6.61 Å². The number of nitrogens with one attached hydrogen (secondary N) is 3. The van der Waals surface area contributed by atoms with Crippen LogP contribution in [0.15, 0.2) is 76.5 Å². The quantitative estimate of drug-likeness (QED) is 0.119. The van der Waals surface area contributed by atoms with Crippen molar-refractivity contribution in [3.05, 3.63) is 72.3 Å². The number of anilines is 2. The van der Waals surface area contributed by atoms with Gasteiger partial charge in [0.05, 0.1) is 16.1 Å². The summed E-state index contributed by atoms with van der Waals surface area (Å²) in [5.41, 5.74) is 0.924. The molecule has 1 aliphatic heterocycles. The maximum atomic E-state index is 14.3. The lowest BCUT2D eigenvalue weighted by molar-refractivity contribution is -0.141. The van der Waals surface area contributed by atoms with Crippen LogP contribution in [0.2, 0.25) is 0 Å². The van der Waals surface area contributed by atoms with Crippen molar-refractivity contribution in [1.82, 2.24) is 15.4 Å². The number of carboxylic acid groups (broad SMARTS) is 1. The lowest BCUT2D eigenvalue weighted by Crippen LogP contribution is -2.53. The maximum Gasteiger partial charge on any atom is 0.325 e. The Morgan fingerprint density at radius 2 is 1.64 bits per heavy atom. The Morgan fingerprint density at radius 1 is 1.00 bits per heavy atom. The van der Waals surface area contributed by atoms with Crippen LogP contribution in [-0.4, -0.2) is 67.4 Å². The Labute approximate surface area is 298 Å². The summed E-state index contributed by atoms with van der Waals surface area (Å²) in [7, 11) is -4.07. The molecule has 0 saturated carbocycles. The number of ether oxygens (including phenoxy) is 1. The van der Waals surface area contributed by atoms with Crippen LogP contribution in [0.4, 0.5) is 11.4 Å². The first-order chi connectivity index (χ1) is 23.8. The number of sulfonamides is 1. The fourth-order valence-electron chi connectivity index (χ4n) is 5.91. The second kappa shape index (κ2) is 17.1. The standard InChI is InChI=1S/C36H46N4O8S2/c1-5-7-18-36(19-8-6-2)23-40(26-12-10-9-11-13-26)28-20-30(49-4)29(21-31(28)50(46,47)39-36)48-22-32(42)38-33(25-14-16-27(41)17-15-25)34(43)37-24(3)35(44)45/h9-17,20-21,24,33,39,41H,5-8,18-19,22-23H2,1-4H3,(H,37,43)(H,38,42)(H,44,45)/t24?,33-/m1/s1. The van der Waals surface area contributed by atoms with Gasteiger partial charge in [-0.2, -0.15) is 0 Å². The molecule has 50 heavy (non-hydrogen) atoms. The average Bonchev–Trinajstić information content (AvgIpc) is 3.19. The van der Waals surface area contributed by atoms with Crippen LogP contribution in [0.3, 0.4) is 0 Å². The summed E-state index contributed by atoms with van der Waals surface area (Å²) >= 11 is 1.34. The number of thioether (sulfide) groups is 1. The molecule has 0 aromatic heterocycles. The van der Waals surface area contributed by atoms with Crippen molar-refractivity contribution < 1.29 is 37.8 Å². The van der Waals surface area contributed by atoms with Gasteiger partial charge in [0.2, 0.25) is 15.9 Å². The molecule has 2 amide bonds. The Hall–Kier alpha value is -4.27. The molecule has 0 radical (unpaired) electrons. The van der Waals surface area contributed by atoms with Gasteiger partial charge < -0.3 is 30.5 Å². The number of hydrogen-bond donors (Lipinski definition) is 5. The molecule has 0 aliphatic carbocycles. The minimum absolute atomic E-state index is 0.0217. The Bertz CT molecular complexity index is 1750. The van der Waals surface area contributed by atoms with Crippen LogP contribution in [0, 0.1) is 0 Å². The summed E-state index contributed by atoms with van der Waals surface area (Å²) < 4.78 is 37.6. The van der Waals surface area contributed by atoms with Gasteiger partial charge >= 0.3 is 5.97 Å². The van der Waals surface area contributed by atoms with Gasteiger partial charge in [0, 0.05) is 18.3 Å². The molecule has 4 rings (SSSR count). The number of amides is 2. The third-order valence-electron chi connectivity index (χ3n) is 8.60. The van der Waals surface area contributed by atoms with Crippen molar-refractivity contribution in [3.63, 3.8) is 0 Å². The molecule has 12 nitrogen and oxygen atoms in total. The molecule has 0 spiro atoms. The van der Waals surface area contributed by atoms with E-state index in [0.717, 1.165) is 31.4 Å². The number of aliphatic carboxylic acids is 1. The molecule has 1 heterocycles. The van der Waals surface area contributed by atoms with Crippen LogP contribution in [0.5, 0.6) is 11.5 Å². The van der Waals surface area contributed by atoms with Crippen molar-refractivity contribution in [2.75, 3.05) is 24.3 Å². The highest BCUT2D eigenvalue weighted by Gasteiger charge is 2.42. The fraction of sp³-hybridized carbons (Fsp3) is 0.417. The van der Waals surface area contributed by atoms with Gasteiger partial charge in [0.25, 0.3) is 5.91 Å². The number of benzene rings is 3. The number of carbonyl (C=O) groups is 3. The van der Waals surface area contributed by atoms with Crippen LogP contribution >= 0.6 is 11.8 Å². The van der Waals surface area contributed by atoms with Crippen molar-refractivity contribution in [1.29, 1.82) is 0 Å². The lowest BCUT2D eigenvalue weighted by atomic mass is 9.87. The number of nitrogens with zero attached hydrogens (tertiary/aromatic N) is 1. The summed E-state index contributed by atoms with van der Waals surface area (Å²) in [6.07, 6.45) is 6.69. The molecule has 5 N–H and O–H groups in total. The van der Waals surface area contributed by atoms with Crippen molar-refractivity contribution in [2.45, 2.75) is 86.7 Å². The van der Waals surface area contributed by atoms with Gasteiger partial charge in [-0.15, -0.1) is 11.8 Å². The normalized spacial score (nSPS) is 16.0. The monoisotopic (exact) mass is 726 g/mol.